The first kappa shape index (κ1) is 7.73. The van der Waals surface area contributed by atoms with E-state index in [1.165, 1.54) is 12.8 Å². The van der Waals surface area contributed by atoms with Crippen molar-refractivity contribution in [2.45, 2.75) is 25.3 Å². The van der Waals surface area contributed by atoms with Gasteiger partial charge >= 0.3 is 0 Å². The van der Waals surface area contributed by atoms with Gasteiger partial charge in [-0.15, -0.1) is 6.58 Å². The Morgan fingerprint density at radius 3 is 3.08 bits per heavy atom. The van der Waals surface area contributed by atoms with Gasteiger partial charge in [0.05, 0.1) is 0 Å². The summed E-state index contributed by atoms with van der Waals surface area (Å²) in [6.45, 7) is 4.45. The van der Waals surface area contributed by atoms with E-state index in [9.17, 15) is 0 Å². The van der Waals surface area contributed by atoms with Gasteiger partial charge in [0.2, 0.25) is 0 Å². The number of aromatic amines is 1. The second kappa shape index (κ2) is 2.86. The number of nitrogens with zero attached hydrogens (tertiary/aromatic N) is 2. The molecule has 3 nitrogen and oxygen atoms in total. The Bertz CT molecular complexity index is 345. The monoisotopic (exact) mass is 181 g/mol. The Morgan fingerprint density at radius 1 is 1.75 bits per heavy atom. The van der Waals surface area contributed by atoms with E-state index in [0.717, 1.165) is 12.4 Å². The molecule has 0 bridgehead atoms. The third-order valence-electron chi connectivity index (χ3n) is 2.04. The van der Waals surface area contributed by atoms with Crippen molar-refractivity contribution in [3.05, 3.63) is 23.3 Å². The summed E-state index contributed by atoms with van der Waals surface area (Å²) in [7, 11) is 0. The predicted octanol–water partition coefficient (Wildman–Crippen LogP) is 2.00. The lowest BCUT2D eigenvalue weighted by Crippen LogP contribution is -2.00. The largest absolute Gasteiger partial charge is 0.300 e. The molecule has 0 spiro atoms. The summed E-state index contributed by atoms with van der Waals surface area (Å²) in [5.74, 6) is 1.73. The van der Waals surface area contributed by atoms with Gasteiger partial charge in [-0.3, -0.25) is 5.10 Å². The van der Waals surface area contributed by atoms with Crippen LogP contribution in [-0.2, 0) is 6.54 Å². The molecule has 0 amide bonds. The Kier molecular flexibility index (Phi) is 1.84. The fraction of sp³-hybridized carbons (Fsp3) is 0.500. The first-order valence-electron chi connectivity index (χ1n) is 4.09. The summed E-state index contributed by atoms with van der Waals surface area (Å²) in [6, 6.07) is 0. The molecule has 64 valence electrons. The summed E-state index contributed by atoms with van der Waals surface area (Å²) in [5.41, 5.74) is 0. The third-order valence-corrected chi connectivity index (χ3v) is 2.35. The Morgan fingerprint density at radius 2 is 2.50 bits per heavy atom. The molecule has 12 heavy (non-hydrogen) atoms. The van der Waals surface area contributed by atoms with Crippen molar-refractivity contribution in [3.63, 3.8) is 0 Å². The average Bonchev–Trinajstić information content (AvgIpc) is 2.82. The molecule has 1 aromatic heterocycles. The molecule has 1 aliphatic rings. The SMILES string of the molecule is C=CCn1c(C2CC2)n[nH]c1=S. The molecule has 0 atom stereocenters. The molecule has 4 heteroatoms. The van der Waals surface area contributed by atoms with Gasteiger partial charge in [0.25, 0.3) is 0 Å². The molecule has 0 saturated heterocycles. The maximum absolute atomic E-state index is 5.08. The van der Waals surface area contributed by atoms with E-state index in [1.54, 1.807) is 0 Å². The average molecular weight is 181 g/mol. The highest BCUT2D eigenvalue weighted by molar-refractivity contribution is 7.71. The lowest BCUT2D eigenvalue weighted by Gasteiger charge is -2.00. The van der Waals surface area contributed by atoms with Crippen molar-refractivity contribution in [2.75, 3.05) is 0 Å². The van der Waals surface area contributed by atoms with Gasteiger partial charge in [-0.25, -0.2) is 0 Å². The van der Waals surface area contributed by atoms with Crippen molar-refractivity contribution in [1.29, 1.82) is 0 Å². The fourth-order valence-corrected chi connectivity index (χ4v) is 1.50. The van der Waals surface area contributed by atoms with Crippen LogP contribution in [0.5, 0.6) is 0 Å². The van der Waals surface area contributed by atoms with Crippen LogP contribution in [0.2, 0.25) is 0 Å². The van der Waals surface area contributed by atoms with Crippen LogP contribution in [0, 0.1) is 4.77 Å². The second-order valence-corrected chi connectivity index (χ2v) is 3.45. The summed E-state index contributed by atoms with van der Waals surface area (Å²) < 4.78 is 2.72. The number of hydrogen-bond donors (Lipinski definition) is 1. The van der Waals surface area contributed by atoms with Gasteiger partial charge in [-0.2, -0.15) is 5.10 Å². The van der Waals surface area contributed by atoms with Crippen LogP contribution >= 0.6 is 12.2 Å². The van der Waals surface area contributed by atoms with Crippen LogP contribution in [0.15, 0.2) is 12.7 Å². The van der Waals surface area contributed by atoms with Gasteiger partial charge < -0.3 is 4.57 Å². The maximum Gasteiger partial charge on any atom is 0.195 e. The minimum atomic E-state index is 0.637. The minimum absolute atomic E-state index is 0.637. The highest BCUT2D eigenvalue weighted by Crippen LogP contribution is 2.38. The number of rotatable bonds is 3. The normalized spacial score (nSPS) is 16.3. The van der Waals surface area contributed by atoms with Crippen LogP contribution in [0.1, 0.15) is 24.6 Å². The molecular formula is C8H11N3S. The van der Waals surface area contributed by atoms with Crippen LogP contribution in [0.4, 0.5) is 0 Å². The van der Waals surface area contributed by atoms with Crippen molar-refractivity contribution in [2.24, 2.45) is 0 Å². The molecule has 0 unspecified atom stereocenters. The van der Waals surface area contributed by atoms with Crippen LogP contribution < -0.4 is 0 Å². The number of nitrogens with one attached hydrogen (secondary N) is 1. The molecule has 0 aliphatic heterocycles. The summed E-state index contributed by atoms with van der Waals surface area (Å²) >= 11 is 5.08. The van der Waals surface area contributed by atoms with E-state index in [4.69, 9.17) is 12.2 Å². The fourth-order valence-electron chi connectivity index (χ4n) is 1.29. The smallest absolute Gasteiger partial charge is 0.195 e. The van der Waals surface area contributed by atoms with Gasteiger partial charge in [-0.05, 0) is 25.1 Å². The molecule has 1 aromatic rings. The molecule has 0 aromatic carbocycles. The highest BCUT2D eigenvalue weighted by Gasteiger charge is 2.28. The quantitative estimate of drug-likeness (QED) is 0.571. The number of aromatic nitrogens is 3. The number of allylic oxidation sites excluding steroid dienone is 1. The molecular weight excluding hydrogens is 170 g/mol. The van der Waals surface area contributed by atoms with Crippen molar-refractivity contribution in [1.82, 2.24) is 14.8 Å². The van der Waals surface area contributed by atoms with E-state index in [2.05, 4.69) is 16.8 Å². The lowest BCUT2D eigenvalue weighted by atomic mass is 10.4. The van der Waals surface area contributed by atoms with Crippen molar-refractivity contribution >= 4 is 12.2 Å². The molecule has 0 radical (unpaired) electrons. The zero-order chi connectivity index (χ0) is 8.55. The van der Waals surface area contributed by atoms with E-state index >= 15 is 0 Å². The van der Waals surface area contributed by atoms with Crippen molar-refractivity contribution < 1.29 is 0 Å². The number of hydrogen-bond acceptors (Lipinski definition) is 2. The first-order chi connectivity index (χ1) is 5.83. The second-order valence-electron chi connectivity index (χ2n) is 3.06. The molecule has 1 heterocycles. The molecule has 1 aliphatic carbocycles. The molecule has 1 N–H and O–H groups in total. The van der Waals surface area contributed by atoms with E-state index in [0.29, 0.717) is 10.7 Å². The van der Waals surface area contributed by atoms with E-state index in [-0.39, 0.29) is 0 Å². The minimum Gasteiger partial charge on any atom is -0.300 e. The Balaban J connectivity index is 2.39. The van der Waals surface area contributed by atoms with Crippen LogP contribution in [0.25, 0.3) is 0 Å². The summed E-state index contributed by atoms with van der Waals surface area (Å²) in [5, 5.41) is 7.01. The lowest BCUT2D eigenvalue weighted by molar-refractivity contribution is 0.734. The van der Waals surface area contributed by atoms with Crippen LogP contribution in [0.3, 0.4) is 0 Å². The zero-order valence-corrected chi connectivity index (χ0v) is 7.60. The van der Waals surface area contributed by atoms with E-state index in [1.807, 2.05) is 10.6 Å². The summed E-state index contributed by atoms with van der Waals surface area (Å²) in [4.78, 5) is 0. The standard InChI is InChI=1S/C8H11N3S/c1-2-5-11-7(6-3-4-6)9-10-8(11)12/h2,6H,1,3-5H2,(H,10,12). The van der Waals surface area contributed by atoms with Gasteiger partial charge in [0, 0.05) is 12.5 Å². The van der Waals surface area contributed by atoms with Gasteiger partial charge in [0.1, 0.15) is 5.82 Å². The highest BCUT2D eigenvalue weighted by atomic mass is 32.1. The topological polar surface area (TPSA) is 33.6 Å². The van der Waals surface area contributed by atoms with Crippen LogP contribution in [-0.4, -0.2) is 14.8 Å². The maximum atomic E-state index is 5.08. The predicted molar refractivity (Wildman–Crippen MR) is 49.6 cm³/mol. The third kappa shape index (κ3) is 1.22. The van der Waals surface area contributed by atoms with Gasteiger partial charge in [-0.1, -0.05) is 6.08 Å². The zero-order valence-electron chi connectivity index (χ0n) is 6.79. The van der Waals surface area contributed by atoms with Gasteiger partial charge in [0.15, 0.2) is 4.77 Å². The van der Waals surface area contributed by atoms with Crippen molar-refractivity contribution in [3.8, 4) is 0 Å². The Hall–Kier alpha value is -0.900. The Labute approximate surface area is 76.1 Å². The molecule has 1 saturated carbocycles. The number of H-pyrrole nitrogens is 1. The molecule has 2 rings (SSSR count). The summed E-state index contributed by atoms with van der Waals surface area (Å²) in [6.07, 6.45) is 4.34. The van der Waals surface area contributed by atoms with E-state index < -0.39 is 0 Å². The molecule has 1 fully saturated rings. The first-order valence-corrected chi connectivity index (χ1v) is 4.49.